The molecule has 10 heteroatoms. The molecule has 1 fully saturated rings. The lowest BCUT2D eigenvalue weighted by molar-refractivity contribution is -0.136. The first-order valence-corrected chi connectivity index (χ1v) is 9.28. The number of rotatable bonds is 2. The zero-order chi connectivity index (χ0) is 20.9. The van der Waals surface area contributed by atoms with Crippen molar-refractivity contribution in [2.24, 2.45) is 7.05 Å². The number of hydrogen-bond donors (Lipinski definition) is 0. The highest BCUT2D eigenvalue weighted by molar-refractivity contribution is 5.95. The number of halogens is 3. The van der Waals surface area contributed by atoms with Gasteiger partial charge in [0, 0.05) is 37.4 Å². The minimum absolute atomic E-state index is 0.0732. The maximum Gasteiger partial charge on any atom is 0.417 e. The van der Waals surface area contributed by atoms with Crippen LogP contribution in [0.4, 0.5) is 13.2 Å². The van der Waals surface area contributed by atoms with Gasteiger partial charge in [0.25, 0.3) is 11.6 Å². The summed E-state index contributed by atoms with van der Waals surface area (Å²) in [6.45, 7) is 4.16. The number of carbonyl (C=O) groups excluding carboxylic acids is 1. The van der Waals surface area contributed by atoms with Gasteiger partial charge >= 0.3 is 6.18 Å². The van der Waals surface area contributed by atoms with E-state index >= 15 is 0 Å². The van der Waals surface area contributed by atoms with Gasteiger partial charge in [0.05, 0.1) is 28.4 Å². The van der Waals surface area contributed by atoms with Crippen LogP contribution in [0.1, 0.15) is 51.8 Å². The molecule has 3 aromatic rings. The largest absolute Gasteiger partial charge is 0.417 e. The van der Waals surface area contributed by atoms with Crippen molar-refractivity contribution in [2.75, 3.05) is 13.1 Å². The van der Waals surface area contributed by atoms with E-state index in [4.69, 9.17) is 4.52 Å². The Hall–Kier alpha value is -2.91. The van der Waals surface area contributed by atoms with Crippen molar-refractivity contribution in [3.05, 3.63) is 40.5 Å². The Morgan fingerprint density at radius 2 is 1.93 bits per heavy atom. The van der Waals surface area contributed by atoms with Gasteiger partial charge in [-0.1, -0.05) is 5.16 Å². The minimum atomic E-state index is -4.53. The summed E-state index contributed by atoms with van der Waals surface area (Å²) in [6.07, 6.45) is -1.99. The van der Waals surface area contributed by atoms with Crippen LogP contribution in [0.15, 0.2) is 16.8 Å². The Balaban J connectivity index is 1.58. The SMILES string of the molecule is Cc1cc(C(F)(F)F)c2c(C3CCN(C(=O)c4cnn(C)c4C)CC3)noc2n1. The minimum Gasteiger partial charge on any atom is -0.338 e. The highest BCUT2D eigenvalue weighted by Crippen LogP contribution is 2.40. The molecule has 0 saturated carbocycles. The standard InChI is InChI=1S/C19H20F3N5O2/c1-10-8-14(19(20,21)22)15-16(25-29-17(15)24-10)12-4-6-27(7-5-12)18(28)13-9-23-26(3)11(13)2/h8-9,12H,4-7H2,1-3H3. The lowest BCUT2D eigenvalue weighted by atomic mass is 9.90. The van der Waals surface area contributed by atoms with E-state index in [9.17, 15) is 18.0 Å². The molecule has 4 rings (SSSR count). The average molecular weight is 407 g/mol. The summed E-state index contributed by atoms with van der Waals surface area (Å²) in [5, 5.41) is 7.95. The Labute approximate surface area is 164 Å². The van der Waals surface area contributed by atoms with E-state index in [0.717, 1.165) is 11.8 Å². The van der Waals surface area contributed by atoms with Gasteiger partial charge in [-0.15, -0.1) is 0 Å². The normalized spacial score (nSPS) is 16.0. The Kier molecular flexibility index (Phi) is 4.59. The Bertz CT molecular complexity index is 1080. The van der Waals surface area contributed by atoms with Crippen LogP contribution in [0.3, 0.4) is 0 Å². The van der Waals surface area contributed by atoms with Crippen LogP contribution in [0.25, 0.3) is 11.1 Å². The molecule has 0 spiro atoms. The van der Waals surface area contributed by atoms with Crippen molar-refractivity contribution >= 4 is 17.0 Å². The molecule has 154 valence electrons. The molecule has 29 heavy (non-hydrogen) atoms. The fraction of sp³-hybridized carbons (Fsp3) is 0.474. The van der Waals surface area contributed by atoms with E-state index in [1.165, 1.54) is 6.92 Å². The predicted octanol–water partition coefficient (Wildman–Crippen LogP) is 3.61. The second kappa shape index (κ2) is 6.85. The van der Waals surface area contributed by atoms with E-state index in [-0.39, 0.29) is 34.3 Å². The van der Waals surface area contributed by atoms with Crippen LogP contribution in [0.2, 0.25) is 0 Å². The maximum absolute atomic E-state index is 13.6. The number of nitrogens with zero attached hydrogens (tertiary/aromatic N) is 5. The third-order valence-electron chi connectivity index (χ3n) is 5.54. The third kappa shape index (κ3) is 3.36. The molecule has 3 aromatic heterocycles. The number of pyridine rings is 1. The van der Waals surface area contributed by atoms with Crippen molar-refractivity contribution in [3.63, 3.8) is 0 Å². The van der Waals surface area contributed by atoms with Gasteiger partial charge in [-0.2, -0.15) is 18.3 Å². The van der Waals surface area contributed by atoms with Gasteiger partial charge in [0.15, 0.2) is 0 Å². The van der Waals surface area contributed by atoms with Crippen LogP contribution in [0, 0.1) is 13.8 Å². The van der Waals surface area contributed by atoms with Crippen LogP contribution in [-0.4, -0.2) is 43.8 Å². The smallest absolute Gasteiger partial charge is 0.338 e. The summed E-state index contributed by atoms with van der Waals surface area (Å²) in [6, 6.07) is 1.02. The van der Waals surface area contributed by atoms with Crippen molar-refractivity contribution < 1.29 is 22.5 Å². The molecule has 4 heterocycles. The number of carbonyl (C=O) groups is 1. The summed E-state index contributed by atoms with van der Waals surface area (Å²) in [5.74, 6) is -0.353. The summed E-state index contributed by atoms with van der Waals surface area (Å²) in [7, 11) is 1.77. The number of piperidine rings is 1. The van der Waals surface area contributed by atoms with E-state index in [2.05, 4.69) is 15.2 Å². The van der Waals surface area contributed by atoms with Gasteiger partial charge in [0.2, 0.25) is 0 Å². The Morgan fingerprint density at radius 3 is 2.52 bits per heavy atom. The lowest BCUT2D eigenvalue weighted by Crippen LogP contribution is -2.38. The quantitative estimate of drug-likeness (QED) is 0.649. The zero-order valence-corrected chi connectivity index (χ0v) is 16.2. The van der Waals surface area contributed by atoms with Crippen LogP contribution < -0.4 is 0 Å². The molecule has 1 aliphatic heterocycles. The first-order chi connectivity index (χ1) is 13.7. The summed E-state index contributed by atoms with van der Waals surface area (Å²) in [4.78, 5) is 18.5. The molecule has 0 bridgehead atoms. The van der Waals surface area contributed by atoms with E-state index in [0.29, 0.717) is 31.5 Å². The summed E-state index contributed by atoms with van der Waals surface area (Å²) in [5.41, 5.74) is 0.926. The number of fused-ring (bicyclic) bond motifs is 1. The fourth-order valence-corrected chi connectivity index (χ4v) is 3.83. The number of hydrogen-bond acceptors (Lipinski definition) is 5. The molecule has 1 amide bonds. The molecule has 0 atom stereocenters. The molecule has 0 aromatic carbocycles. The summed E-state index contributed by atoms with van der Waals surface area (Å²) < 4.78 is 47.4. The van der Waals surface area contributed by atoms with Crippen molar-refractivity contribution in [2.45, 2.75) is 38.8 Å². The molecule has 1 aliphatic rings. The topological polar surface area (TPSA) is 77.0 Å². The third-order valence-corrected chi connectivity index (χ3v) is 5.54. The molecular weight excluding hydrogens is 387 g/mol. The molecule has 0 radical (unpaired) electrons. The number of aromatic nitrogens is 4. The van der Waals surface area contributed by atoms with Crippen molar-refractivity contribution in [1.29, 1.82) is 0 Å². The molecule has 7 nitrogen and oxygen atoms in total. The van der Waals surface area contributed by atoms with Crippen LogP contribution >= 0.6 is 0 Å². The zero-order valence-electron chi connectivity index (χ0n) is 16.2. The fourth-order valence-electron chi connectivity index (χ4n) is 3.83. The summed E-state index contributed by atoms with van der Waals surface area (Å²) >= 11 is 0. The van der Waals surface area contributed by atoms with Crippen LogP contribution in [-0.2, 0) is 13.2 Å². The second-order valence-corrected chi connectivity index (χ2v) is 7.39. The molecule has 0 unspecified atom stereocenters. The van der Waals surface area contributed by atoms with E-state index < -0.39 is 11.7 Å². The lowest BCUT2D eigenvalue weighted by Gasteiger charge is -2.31. The number of likely N-dealkylation sites (tertiary alicyclic amines) is 1. The number of alkyl halides is 3. The number of amides is 1. The first-order valence-electron chi connectivity index (χ1n) is 9.28. The molecular formula is C19H20F3N5O2. The average Bonchev–Trinajstić information content (AvgIpc) is 3.23. The first kappa shape index (κ1) is 19.4. The highest BCUT2D eigenvalue weighted by atomic mass is 19.4. The number of aryl methyl sites for hydroxylation is 2. The predicted molar refractivity (Wildman–Crippen MR) is 97.4 cm³/mol. The molecule has 0 aliphatic carbocycles. The van der Waals surface area contributed by atoms with Gasteiger partial charge < -0.3 is 9.42 Å². The van der Waals surface area contributed by atoms with Gasteiger partial charge in [-0.05, 0) is 32.8 Å². The van der Waals surface area contributed by atoms with Crippen molar-refractivity contribution in [1.82, 2.24) is 24.8 Å². The molecule has 1 saturated heterocycles. The van der Waals surface area contributed by atoms with Crippen LogP contribution in [0.5, 0.6) is 0 Å². The maximum atomic E-state index is 13.6. The van der Waals surface area contributed by atoms with E-state index in [1.807, 2.05) is 6.92 Å². The van der Waals surface area contributed by atoms with Gasteiger partial charge in [-0.25, -0.2) is 4.98 Å². The van der Waals surface area contributed by atoms with Gasteiger partial charge in [0.1, 0.15) is 0 Å². The van der Waals surface area contributed by atoms with Crippen molar-refractivity contribution in [3.8, 4) is 0 Å². The van der Waals surface area contributed by atoms with Gasteiger partial charge in [-0.3, -0.25) is 9.48 Å². The second-order valence-electron chi connectivity index (χ2n) is 7.39. The van der Waals surface area contributed by atoms with E-state index in [1.54, 1.807) is 22.8 Å². The monoisotopic (exact) mass is 407 g/mol. The highest BCUT2D eigenvalue weighted by Gasteiger charge is 2.38. The Morgan fingerprint density at radius 1 is 1.24 bits per heavy atom. The molecule has 0 N–H and O–H groups in total.